The number of amides is 2. The smallest absolute Gasteiger partial charge is 0.322 e. The van der Waals surface area contributed by atoms with E-state index in [1.807, 2.05) is 93.6 Å². The van der Waals surface area contributed by atoms with Crippen molar-refractivity contribution in [2.45, 2.75) is 32.9 Å². The highest BCUT2D eigenvalue weighted by molar-refractivity contribution is 5.90. The van der Waals surface area contributed by atoms with E-state index in [1.54, 1.807) is 18.0 Å². The van der Waals surface area contributed by atoms with Crippen LogP contribution in [-0.4, -0.2) is 27.1 Å². The number of nitrogens with zero attached hydrogens (tertiary/aromatic N) is 3. The fraction of sp³-hybridized carbons (Fsp3) is 0.250. The number of carbonyl (C=O) groups is 1. The molecule has 7 heteroatoms. The Morgan fingerprint density at radius 2 is 1.63 bits per heavy atom. The molecule has 180 valence electrons. The van der Waals surface area contributed by atoms with Gasteiger partial charge in [-0.2, -0.15) is 0 Å². The average molecular weight is 471 g/mol. The number of para-hydroxylation sites is 1. The molecule has 0 spiro atoms. The van der Waals surface area contributed by atoms with Gasteiger partial charge in [0.2, 0.25) is 0 Å². The van der Waals surface area contributed by atoms with Crippen LogP contribution < -0.4 is 15.6 Å². The number of ether oxygens (including phenoxy) is 1. The Kier molecular flexibility index (Phi) is 7.15. The number of urea groups is 1. The zero-order valence-corrected chi connectivity index (χ0v) is 20.4. The minimum Gasteiger partial charge on any atom is -0.494 e. The molecule has 0 radical (unpaired) electrons. The highest BCUT2D eigenvalue weighted by Crippen LogP contribution is 2.31. The summed E-state index contributed by atoms with van der Waals surface area (Å²) >= 11 is 0. The van der Waals surface area contributed by atoms with E-state index < -0.39 is 6.04 Å². The quantitative estimate of drug-likeness (QED) is 0.377. The predicted octanol–water partition coefficient (Wildman–Crippen LogP) is 5.69. The van der Waals surface area contributed by atoms with Gasteiger partial charge in [-0.25, -0.2) is 9.78 Å². The lowest BCUT2D eigenvalue weighted by Gasteiger charge is -2.35. The first-order chi connectivity index (χ1) is 16.9. The van der Waals surface area contributed by atoms with Gasteiger partial charge in [0.15, 0.2) is 0 Å². The lowest BCUT2D eigenvalue weighted by atomic mass is 10.0. The first-order valence-electron chi connectivity index (χ1n) is 11.7. The van der Waals surface area contributed by atoms with Crippen LogP contribution in [0.5, 0.6) is 5.75 Å². The van der Waals surface area contributed by atoms with Crippen molar-refractivity contribution in [3.8, 4) is 5.75 Å². The number of aromatic nitrogens is 2. The van der Waals surface area contributed by atoms with Crippen LogP contribution in [0, 0.1) is 0 Å². The maximum absolute atomic E-state index is 13.7. The monoisotopic (exact) mass is 470 g/mol. The van der Waals surface area contributed by atoms with Gasteiger partial charge in [0.25, 0.3) is 5.56 Å². The Morgan fingerprint density at radius 1 is 0.971 bits per heavy atom. The van der Waals surface area contributed by atoms with E-state index in [-0.39, 0.29) is 17.6 Å². The predicted molar refractivity (Wildman–Crippen MR) is 139 cm³/mol. The van der Waals surface area contributed by atoms with E-state index in [1.165, 1.54) is 4.57 Å². The van der Waals surface area contributed by atoms with Crippen molar-refractivity contribution in [2.75, 3.05) is 11.9 Å². The van der Waals surface area contributed by atoms with Crippen molar-refractivity contribution in [2.24, 2.45) is 7.05 Å². The molecular formula is C28H30N4O3. The molecule has 3 aromatic carbocycles. The third-order valence-electron chi connectivity index (χ3n) is 6.16. The number of hydrogen-bond acceptors (Lipinski definition) is 4. The Morgan fingerprint density at radius 3 is 2.31 bits per heavy atom. The van der Waals surface area contributed by atoms with Crippen molar-refractivity contribution < 1.29 is 9.53 Å². The lowest BCUT2D eigenvalue weighted by Crippen LogP contribution is -2.41. The van der Waals surface area contributed by atoms with Gasteiger partial charge in [-0.05, 0) is 62.7 Å². The number of carbonyl (C=O) groups excluding carboxylic acids is 1. The molecule has 2 atom stereocenters. The maximum atomic E-state index is 13.7. The molecule has 7 nitrogen and oxygen atoms in total. The van der Waals surface area contributed by atoms with Crippen molar-refractivity contribution in [1.82, 2.24) is 14.5 Å². The van der Waals surface area contributed by atoms with Crippen LogP contribution in [0.25, 0.3) is 10.9 Å². The number of benzene rings is 3. The summed E-state index contributed by atoms with van der Waals surface area (Å²) in [6, 6.07) is 23.3. The lowest BCUT2D eigenvalue weighted by molar-refractivity contribution is 0.162. The minimum atomic E-state index is -0.491. The summed E-state index contributed by atoms with van der Waals surface area (Å²) in [6.07, 6.45) is 0. The van der Waals surface area contributed by atoms with E-state index >= 15 is 0 Å². The van der Waals surface area contributed by atoms with Gasteiger partial charge in [0.1, 0.15) is 11.6 Å². The molecule has 1 aromatic heterocycles. The Hall–Kier alpha value is -4.13. The molecule has 0 bridgehead atoms. The summed E-state index contributed by atoms with van der Waals surface area (Å²) in [4.78, 5) is 33.2. The van der Waals surface area contributed by atoms with Gasteiger partial charge in [-0.1, -0.05) is 42.5 Å². The number of hydrogen-bond donors (Lipinski definition) is 1. The third kappa shape index (κ3) is 5.04. The molecule has 2 amide bonds. The molecule has 2 unspecified atom stereocenters. The fourth-order valence-corrected chi connectivity index (χ4v) is 4.30. The molecule has 35 heavy (non-hydrogen) atoms. The van der Waals surface area contributed by atoms with Gasteiger partial charge < -0.3 is 15.0 Å². The summed E-state index contributed by atoms with van der Waals surface area (Å²) in [5.41, 5.74) is 2.09. The third-order valence-corrected chi connectivity index (χ3v) is 6.16. The van der Waals surface area contributed by atoms with E-state index in [0.29, 0.717) is 29.0 Å². The molecule has 0 saturated carbocycles. The van der Waals surface area contributed by atoms with Gasteiger partial charge in [0, 0.05) is 12.7 Å². The van der Waals surface area contributed by atoms with Crippen LogP contribution in [0.2, 0.25) is 0 Å². The molecule has 0 aliphatic heterocycles. The van der Waals surface area contributed by atoms with E-state index in [0.717, 1.165) is 11.3 Å². The van der Waals surface area contributed by atoms with Crippen LogP contribution >= 0.6 is 0 Å². The van der Waals surface area contributed by atoms with E-state index in [2.05, 4.69) is 5.32 Å². The first-order valence-corrected chi connectivity index (χ1v) is 11.7. The Labute approximate surface area is 205 Å². The normalized spacial score (nSPS) is 12.7. The minimum absolute atomic E-state index is 0.142. The largest absolute Gasteiger partial charge is 0.494 e. The van der Waals surface area contributed by atoms with Crippen molar-refractivity contribution in [3.05, 3.63) is 101 Å². The van der Waals surface area contributed by atoms with Crippen molar-refractivity contribution in [1.29, 1.82) is 0 Å². The van der Waals surface area contributed by atoms with Crippen LogP contribution in [0.1, 0.15) is 44.2 Å². The fourth-order valence-electron chi connectivity index (χ4n) is 4.30. The number of rotatable bonds is 7. The van der Waals surface area contributed by atoms with Crippen LogP contribution in [0.4, 0.5) is 10.5 Å². The summed E-state index contributed by atoms with van der Waals surface area (Å²) in [5, 5.41) is 3.55. The Bertz CT molecular complexity index is 1370. The van der Waals surface area contributed by atoms with Gasteiger partial charge in [0.05, 0.1) is 29.6 Å². The molecule has 4 aromatic rings. The Balaban J connectivity index is 1.73. The molecule has 0 aliphatic carbocycles. The van der Waals surface area contributed by atoms with Crippen LogP contribution in [-0.2, 0) is 7.05 Å². The summed E-state index contributed by atoms with van der Waals surface area (Å²) < 4.78 is 7.03. The van der Waals surface area contributed by atoms with E-state index in [4.69, 9.17) is 9.72 Å². The second kappa shape index (κ2) is 10.4. The summed E-state index contributed by atoms with van der Waals surface area (Å²) in [7, 11) is 1.70. The van der Waals surface area contributed by atoms with Gasteiger partial charge >= 0.3 is 6.03 Å². The molecule has 4 rings (SSSR count). The van der Waals surface area contributed by atoms with Crippen LogP contribution in [0.15, 0.2) is 83.7 Å². The molecule has 0 aliphatic rings. The summed E-state index contributed by atoms with van der Waals surface area (Å²) in [5.74, 6) is 1.25. The maximum Gasteiger partial charge on any atom is 0.322 e. The molecule has 0 fully saturated rings. The highest BCUT2D eigenvalue weighted by Gasteiger charge is 2.30. The van der Waals surface area contributed by atoms with Crippen molar-refractivity contribution >= 4 is 22.6 Å². The first kappa shape index (κ1) is 24.0. The molecule has 0 saturated heterocycles. The van der Waals surface area contributed by atoms with Crippen LogP contribution in [0.3, 0.4) is 0 Å². The SMILES string of the molecule is CCOc1ccc(NC(=O)N(C(C)c2ccccc2)C(C)c2nc3ccccc3c(=O)n2C)cc1. The van der Waals surface area contributed by atoms with Crippen molar-refractivity contribution in [3.63, 3.8) is 0 Å². The topological polar surface area (TPSA) is 76.5 Å². The zero-order valence-electron chi connectivity index (χ0n) is 20.4. The van der Waals surface area contributed by atoms with Gasteiger partial charge in [-0.15, -0.1) is 0 Å². The zero-order chi connectivity index (χ0) is 24.9. The molecular weight excluding hydrogens is 440 g/mol. The highest BCUT2D eigenvalue weighted by atomic mass is 16.5. The van der Waals surface area contributed by atoms with E-state index in [9.17, 15) is 9.59 Å². The second-order valence-electron chi connectivity index (χ2n) is 8.41. The molecule has 1 heterocycles. The standard InChI is InChI=1S/C28H30N4O3/c1-5-35-23-17-15-22(16-18-23)29-28(34)32(19(2)21-11-7-6-8-12-21)20(3)26-30-25-14-10-9-13-24(25)27(33)31(26)4/h6-20H,5H2,1-4H3,(H,29,34). The molecule has 1 N–H and O–H groups in total. The second-order valence-corrected chi connectivity index (χ2v) is 8.41. The van der Waals surface area contributed by atoms with Gasteiger partial charge in [-0.3, -0.25) is 9.36 Å². The number of anilines is 1. The number of nitrogens with one attached hydrogen (secondary N) is 1. The summed E-state index contributed by atoms with van der Waals surface area (Å²) in [6.45, 7) is 6.37. The average Bonchev–Trinajstić information content (AvgIpc) is 2.88. The number of fused-ring (bicyclic) bond motifs is 1.